The minimum atomic E-state index is -3.49. The molecule has 0 aromatic carbocycles. The topological polar surface area (TPSA) is 76.0 Å². The molecule has 0 aliphatic rings. The van der Waals surface area contributed by atoms with Crippen LogP contribution in [0.2, 0.25) is 6.04 Å². The first kappa shape index (κ1) is 13.3. The van der Waals surface area contributed by atoms with Gasteiger partial charge in [0.05, 0.1) is 6.61 Å². The molecule has 0 saturated heterocycles. The van der Waals surface area contributed by atoms with Crippen LogP contribution in [0.25, 0.3) is 0 Å². The van der Waals surface area contributed by atoms with E-state index in [0.717, 1.165) is 0 Å². The molecule has 5 nitrogen and oxygen atoms in total. The monoisotopic (exact) mass is 220 g/mol. The molecule has 0 unspecified atom stereocenters. The molecule has 0 heterocycles. The van der Waals surface area contributed by atoms with Gasteiger partial charge in [0.15, 0.2) is 0 Å². The fraction of sp³-hybridized carbons (Fsp3) is 0.625. The number of hydrogen-bond acceptors (Lipinski definition) is 5. The lowest BCUT2D eigenvalue weighted by atomic mass is 10.4. The van der Waals surface area contributed by atoms with Gasteiger partial charge in [0.1, 0.15) is 0 Å². The minimum Gasteiger partial charge on any atom is -0.462 e. The van der Waals surface area contributed by atoms with Crippen LogP contribution >= 0.6 is 0 Å². The molecule has 0 saturated carbocycles. The number of carbonyl (C=O) groups is 1. The Kier molecular flexibility index (Phi) is 5.62. The third-order valence-corrected chi connectivity index (χ3v) is 3.21. The van der Waals surface area contributed by atoms with Gasteiger partial charge < -0.3 is 18.8 Å². The molecular weight excluding hydrogens is 204 g/mol. The molecule has 0 rings (SSSR count). The summed E-state index contributed by atoms with van der Waals surface area (Å²) < 4.78 is 9.23. The Labute approximate surface area is 84.3 Å². The second kappa shape index (κ2) is 5.92. The molecule has 0 aromatic rings. The fourth-order valence-electron chi connectivity index (χ4n) is 0.693. The molecule has 0 fully saturated rings. The van der Waals surface area contributed by atoms with Crippen molar-refractivity contribution in [1.82, 2.24) is 0 Å². The van der Waals surface area contributed by atoms with Gasteiger partial charge >= 0.3 is 14.8 Å². The number of ether oxygens (including phenoxy) is 1. The highest BCUT2D eigenvalue weighted by atomic mass is 28.4. The van der Waals surface area contributed by atoms with Crippen LogP contribution in [0.1, 0.15) is 13.3 Å². The maximum atomic E-state index is 10.9. The van der Waals surface area contributed by atoms with Gasteiger partial charge in [-0.15, -0.1) is 0 Å². The first-order valence-corrected chi connectivity index (χ1v) is 6.22. The molecule has 0 bridgehead atoms. The Morgan fingerprint density at radius 2 is 2.07 bits per heavy atom. The van der Waals surface area contributed by atoms with E-state index in [9.17, 15) is 4.79 Å². The lowest BCUT2D eigenvalue weighted by Crippen LogP contribution is -2.37. The molecule has 0 aliphatic carbocycles. The van der Waals surface area contributed by atoms with Crippen LogP contribution in [-0.4, -0.2) is 38.1 Å². The summed E-state index contributed by atoms with van der Waals surface area (Å²) >= 11 is 0. The predicted octanol–water partition coefficient (Wildman–Crippen LogP) is 0.0657. The van der Waals surface area contributed by atoms with Gasteiger partial charge in [-0.2, -0.15) is 0 Å². The van der Waals surface area contributed by atoms with E-state index >= 15 is 0 Å². The summed E-state index contributed by atoms with van der Waals surface area (Å²) in [6.07, 6.45) is 0.367. The van der Waals surface area contributed by atoms with Crippen molar-refractivity contribution < 1.29 is 23.5 Å². The SMILES string of the molecule is C=C(C)C(=O)OCCC[Si](O)(O)OC. The Morgan fingerprint density at radius 3 is 2.50 bits per heavy atom. The van der Waals surface area contributed by atoms with Gasteiger partial charge in [0, 0.05) is 18.7 Å². The average molecular weight is 220 g/mol. The number of hydrogen-bond donors (Lipinski definition) is 2. The molecule has 0 aliphatic heterocycles. The van der Waals surface area contributed by atoms with Crippen LogP contribution in [0, 0.1) is 0 Å². The van der Waals surface area contributed by atoms with E-state index in [1.807, 2.05) is 0 Å². The number of rotatable bonds is 6. The Hall–Kier alpha value is -0.693. The maximum Gasteiger partial charge on any atom is 0.495 e. The number of esters is 1. The summed E-state index contributed by atoms with van der Waals surface area (Å²) in [7, 11) is -2.25. The summed E-state index contributed by atoms with van der Waals surface area (Å²) in [5.74, 6) is -0.467. The highest BCUT2D eigenvalue weighted by Gasteiger charge is 2.29. The smallest absolute Gasteiger partial charge is 0.462 e. The van der Waals surface area contributed by atoms with E-state index in [2.05, 4.69) is 11.0 Å². The van der Waals surface area contributed by atoms with Crippen LogP contribution in [0.5, 0.6) is 0 Å². The van der Waals surface area contributed by atoms with Crippen LogP contribution < -0.4 is 0 Å². The summed E-state index contributed by atoms with van der Waals surface area (Å²) in [4.78, 5) is 29.1. The molecular formula is C8H16O5Si. The van der Waals surface area contributed by atoms with Crippen molar-refractivity contribution in [3.63, 3.8) is 0 Å². The van der Waals surface area contributed by atoms with Crippen molar-refractivity contribution in [2.75, 3.05) is 13.7 Å². The maximum absolute atomic E-state index is 10.9. The minimum absolute atomic E-state index is 0.118. The van der Waals surface area contributed by atoms with E-state index in [1.54, 1.807) is 6.92 Å². The molecule has 0 atom stereocenters. The zero-order chi connectivity index (χ0) is 11.2. The van der Waals surface area contributed by atoms with Crippen molar-refractivity contribution in [3.8, 4) is 0 Å². The summed E-state index contributed by atoms with van der Waals surface area (Å²) in [6.45, 7) is 5.10. The van der Waals surface area contributed by atoms with Gasteiger partial charge in [-0.3, -0.25) is 0 Å². The summed E-state index contributed by atoms with van der Waals surface area (Å²) in [5.41, 5.74) is 0.327. The van der Waals surface area contributed by atoms with Crippen molar-refractivity contribution in [2.45, 2.75) is 19.4 Å². The van der Waals surface area contributed by atoms with Crippen molar-refractivity contribution >= 4 is 14.8 Å². The van der Waals surface area contributed by atoms with Crippen molar-refractivity contribution in [3.05, 3.63) is 12.2 Å². The van der Waals surface area contributed by atoms with Gasteiger partial charge in [-0.1, -0.05) is 6.58 Å². The van der Waals surface area contributed by atoms with E-state index < -0.39 is 14.8 Å². The Bertz CT molecular complexity index is 214. The zero-order valence-electron chi connectivity index (χ0n) is 8.45. The first-order chi connectivity index (χ1) is 6.39. The molecule has 82 valence electrons. The number of carbonyl (C=O) groups excluding carboxylic acids is 1. The molecule has 14 heavy (non-hydrogen) atoms. The van der Waals surface area contributed by atoms with Crippen LogP contribution in [0.3, 0.4) is 0 Å². The third-order valence-electron chi connectivity index (χ3n) is 1.56. The fourth-order valence-corrected chi connectivity index (χ4v) is 1.50. The normalized spacial score (nSPS) is 11.1. The summed E-state index contributed by atoms with van der Waals surface area (Å²) in [5, 5.41) is 0. The molecule has 6 heteroatoms. The van der Waals surface area contributed by atoms with E-state index in [0.29, 0.717) is 12.0 Å². The Balaban J connectivity index is 3.57. The zero-order valence-corrected chi connectivity index (χ0v) is 9.45. The highest BCUT2D eigenvalue weighted by Crippen LogP contribution is 2.06. The van der Waals surface area contributed by atoms with Crippen LogP contribution in [-0.2, 0) is 14.0 Å². The predicted molar refractivity (Wildman–Crippen MR) is 52.4 cm³/mol. The third kappa shape index (κ3) is 5.87. The quantitative estimate of drug-likeness (QED) is 0.287. The van der Waals surface area contributed by atoms with E-state index in [4.69, 9.17) is 14.3 Å². The largest absolute Gasteiger partial charge is 0.495 e. The highest BCUT2D eigenvalue weighted by molar-refractivity contribution is 6.57. The molecule has 0 aromatic heterocycles. The van der Waals surface area contributed by atoms with Crippen LogP contribution in [0.4, 0.5) is 0 Å². The molecule has 0 radical (unpaired) electrons. The van der Waals surface area contributed by atoms with E-state index in [1.165, 1.54) is 7.11 Å². The lowest BCUT2D eigenvalue weighted by molar-refractivity contribution is -0.139. The lowest BCUT2D eigenvalue weighted by Gasteiger charge is -2.14. The van der Waals surface area contributed by atoms with Crippen molar-refractivity contribution in [1.29, 1.82) is 0 Å². The average Bonchev–Trinajstić information content (AvgIpc) is 2.12. The summed E-state index contributed by atoms with van der Waals surface area (Å²) in [6, 6.07) is 0.118. The van der Waals surface area contributed by atoms with Crippen LogP contribution in [0.15, 0.2) is 12.2 Å². The molecule has 2 N–H and O–H groups in total. The van der Waals surface area contributed by atoms with Crippen molar-refractivity contribution in [2.24, 2.45) is 0 Å². The second-order valence-corrected chi connectivity index (χ2v) is 5.36. The second-order valence-electron chi connectivity index (χ2n) is 2.97. The first-order valence-electron chi connectivity index (χ1n) is 4.21. The van der Waals surface area contributed by atoms with E-state index in [-0.39, 0.29) is 12.7 Å². The van der Waals surface area contributed by atoms with Gasteiger partial charge in [0.25, 0.3) is 0 Å². The molecule has 0 spiro atoms. The standard InChI is InChI=1S/C8H16O5Si/c1-7(2)8(9)13-5-4-6-14(10,11)12-3/h10-11H,1,4-6H2,2-3H3. The van der Waals surface area contributed by atoms with Gasteiger partial charge in [-0.05, 0) is 13.3 Å². The van der Waals surface area contributed by atoms with Gasteiger partial charge in [-0.25, -0.2) is 4.79 Å². The molecule has 0 amide bonds. The van der Waals surface area contributed by atoms with Gasteiger partial charge in [0.2, 0.25) is 0 Å². The Morgan fingerprint density at radius 1 is 1.50 bits per heavy atom.